The van der Waals surface area contributed by atoms with Gasteiger partial charge in [-0.25, -0.2) is 0 Å². The van der Waals surface area contributed by atoms with Crippen molar-refractivity contribution in [2.45, 2.75) is 26.7 Å². The maximum absolute atomic E-state index is 3.40. The third kappa shape index (κ3) is 1.03. The summed E-state index contributed by atoms with van der Waals surface area (Å²) in [6.07, 6.45) is 2.14. The lowest BCUT2D eigenvalue weighted by Crippen LogP contribution is -1.99. The van der Waals surface area contributed by atoms with E-state index in [0.717, 1.165) is 0 Å². The molecule has 15 heavy (non-hydrogen) atoms. The molecule has 76 valence electrons. The molecule has 0 saturated heterocycles. The van der Waals surface area contributed by atoms with Crippen molar-refractivity contribution in [1.29, 1.82) is 0 Å². The second-order valence-electron chi connectivity index (χ2n) is 4.69. The van der Waals surface area contributed by atoms with Crippen LogP contribution >= 0.6 is 0 Å². The molecule has 1 aromatic heterocycles. The lowest BCUT2D eigenvalue weighted by atomic mass is 9.80. The number of aromatic amines is 1. The van der Waals surface area contributed by atoms with Gasteiger partial charge >= 0.3 is 0 Å². The Morgan fingerprint density at radius 3 is 2.60 bits per heavy atom. The number of hydrogen-bond acceptors (Lipinski definition) is 0. The summed E-state index contributed by atoms with van der Waals surface area (Å²) in [4.78, 5) is 3.40. The van der Waals surface area contributed by atoms with Gasteiger partial charge in [-0.3, -0.25) is 0 Å². The highest BCUT2D eigenvalue weighted by molar-refractivity contribution is 6.04. The predicted molar refractivity (Wildman–Crippen MR) is 64.0 cm³/mol. The summed E-state index contributed by atoms with van der Waals surface area (Å²) >= 11 is 0. The van der Waals surface area contributed by atoms with Crippen molar-refractivity contribution >= 4 is 0 Å². The predicted octanol–water partition coefficient (Wildman–Crippen LogP) is 4.09. The fourth-order valence-corrected chi connectivity index (χ4v) is 2.43. The lowest BCUT2D eigenvalue weighted by molar-refractivity contribution is 0.835. The topological polar surface area (TPSA) is 15.8 Å². The lowest BCUT2D eigenvalue weighted by Gasteiger charge is -2.22. The fraction of sp³-hybridized carbons (Fsp3) is 0.286. The molecule has 1 aliphatic rings. The molecule has 1 nitrogen and oxygen atoms in total. The van der Waals surface area contributed by atoms with E-state index >= 15 is 0 Å². The molecule has 1 aliphatic carbocycles. The Bertz CT molecular complexity index is 532. The molecule has 3 rings (SSSR count). The molecule has 0 fully saturated rings. The Morgan fingerprint density at radius 1 is 1.07 bits per heavy atom. The van der Waals surface area contributed by atoms with Crippen LogP contribution in [0.2, 0.25) is 0 Å². The van der Waals surface area contributed by atoms with Crippen molar-refractivity contribution in [3.8, 4) is 22.3 Å². The average molecular weight is 197 g/mol. The van der Waals surface area contributed by atoms with E-state index in [1.54, 1.807) is 0 Å². The molecule has 1 heteroatoms. The molecule has 0 aliphatic heterocycles. The summed E-state index contributed by atoms with van der Waals surface area (Å²) in [5, 5.41) is 0. The summed E-state index contributed by atoms with van der Waals surface area (Å²) in [7, 11) is 0. The largest absolute Gasteiger partial charge is 0.364 e. The third-order valence-electron chi connectivity index (χ3n) is 3.22. The molecule has 0 amide bonds. The van der Waals surface area contributed by atoms with E-state index in [0.29, 0.717) is 5.92 Å². The van der Waals surface area contributed by atoms with E-state index in [-0.39, 0.29) is 0 Å². The molecule has 0 bridgehead atoms. The van der Waals surface area contributed by atoms with E-state index < -0.39 is 0 Å². The number of aryl methyl sites for hydroxylation is 1. The highest BCUT2D eigenvalue weighted by Gasteiger charge is 2.27. The second kappa shape index (κ2) is 2.75. The quantitative estimate of drug-likeness (QED) is 0.604. The van der Waals surface area contributed by atoms with Crippen LogP contribution in [0.15, 0.2) is 24.4 Å². The van der Waals surface area contributed by atoms with Crippen LogP contribution in [0.5, 0.6) is 0 Å². The van der Waals surface area contributed by atoms with Crippen LogP contribution in [0, 0.1) is 6.92 Å². The molecule has 0 unspecified atom stereocenters. The minimum absolute atomic E-state index is 0.572. The Hall–Kier alpha value is -1.50. The van der Waals surface area contributed by atoms with Gasteiger partial charge in [-0.2, -0.15) is 0 Å². The molecule has 0 spiro atoms. The number of benzene rings is 1. The summed E-state index contributed by atoms with van der Waals surface area (Å²) < 4.78 is 0. The third-order valence-corrected chi connectivity index (χ3v) is 3.22. The van der Waals surface area contributed by atoms with Gasteiger partial charge in [0.25, 0.3) is 0 Å². The van der Waals surface area contributed by atoms with Gasteiger partial charge in [0.05, 0.1) is 0 Å². The Balaban J connectivity index is 2.20. The summed E-state index contributed by atoms with van der Waals surface area (Å²) in [5.74, 6) is 0.572. The van der Waals surface area contributed by atoms with Crippen LogP contribution < -0.4 is 0 Å². The molecule has 1 N–H and O–H groups in total. The van der Waals surface area contributed by atoms with E-state index in [2.05, 4.69) is 50.2 Å². The number of fused-ring (bicyclic) bond motifs is 4. The van der Waals surface area contributed by atoms with Gasteiger partial charge in [-0.15, -0.1) is 0 Å². The van der Waals surface area contributed by atoms with Gasteiger partial charge in [-0.1, -0.05) is 37.6 Å². The SMILES string of the molecule is Cc1ccc2c(c1)-c1c-2c[nH]c1C(C)C. The number of rotatable bonds is 1. The highest BCUT2D eigenvalue weighted by atomic mass is 14.7. The van der Waals surface area contributed by atoms with Crippen LogP contribution in [0.3, 0.4) is 0 Å². The van der Waals surface area contributed by atoms with Crippen molar-refractivity contribution < 1.29 is 0 Å². The van der Waals surface area contributed by atoms with Crippen molar-refractivity contribution in [2.24, 2.45) is 0 Å². The van der Waals surface area contributed by atoms with E-state index in [1.807, 2.05) is 0 Å². The van der Waals surface area contributed by atoms with Crippen molar-refractivity contribution in [3.63, 3.8) is 0 Å². The van der Waals surface area contributed by atoms with Gasteiger partial charge in [0.15, 0.2) is 0 Å². The standard InChI is InChI=1S/C14H15N/c1-8(2)14-13-11-6-9(3)4-5-10(11)12(13)7-15-14/h4-8,15H,1-3H3. The Kier molecular flexibility index (Phi) is 1.61. The number of nitrogens with one attached hydrogen (secondary N) is 1. The van der Waals surface area contributed by atoms with Crippen LogP contribution in [-0.2, 0) is 0 Å². The molecule has 1 aromatic carbocycles. The second-order valence-corrected chi connectivity index (χ2v) is 4.69. The van der Waals surface area contributed by atoms with Gasteiger partial charge in [-0.05, 0) is 24.0 Å². The van der Waals surface area contributed by atoms with Crippen molar-refractivity contribution in [1.82, 2.24) is 4.98 Å². The van der Waals surface area contributed by atoms with E-state index in [1.165, 1.54) is 33.5 Å². The van der Waals surface area contributed by atoms with Gasteiger partial charge in [0.2, 0.25) is 0 Å². The first-order valence-corrected chi connectivity index (χ1v) is 5.51. The molecule has 0 radical (unpaired) electrons. The maximum Gasteiger partial charge on any atom is 0.0259 e. The van der Waals surface area contributed by atoms with Crippen LogP contribution in [0.4, 0.5) is 0 Å². The van der Waals surface area contributed by atoms with E-state index in [4.69, 9.17) is 0 Å². The molecular weight excluding hydrogens is 182 g/mol. The minimum Gasteiger partial charge on any atom is -0.364 e. The van der Waals surface area contributed by atoms with Gasteiger partial charge in [0.1, 0.15) is 0 Å². The first kappa shape index (κ1) is 8.78. The molecule has 0 saturated carbocycles. The number of H-pyrrole nitrogens is 1. The first-order chi connectivity index (χ1) is 7.18. The van der Waals surface area contributed by atoms with Gasteiger partial charge in [0, 0.05) is 23.0 Å². The first-order valence-electron chi connectivity index (χ1n) is 5.51. The van der Waals surface area contributed by atoms with Crippen LogP contribution in [0.1, 0.15) is 31.0 Å². The zero-order chi connectivity index (χ0) is 10.6. The molecule has 0 atom stereocenters. The van der Waals surface area contributed by atoms with Crippen LogP contribution in [0.25, 0.3) is 22.3 Å². The zero-order valence-corrected chi connectivity index (χ0v) is 9.39. The number of hydrogen-bond donors (Lipinski definition) is 1. The molecule has 2 aromatic rings. The minimum atomic E-state index is 0.572. The Labute approximate surface area is 90.2 Å². The molecular formula is C14H15N. The molecule has 1 heterocycles. The highest BCUT2D eigenvalue weighted by Crippen LogP contribution is 2.50. The number of aromatic nitrogens is 1. The van der Waals surface area contributed by atoms with Crippen molar-refractivity contribution in [3.05, 3.63) is 35.7 Å². The summed E-state index contributed by atoms with van der Waals surface area (Å²) in [6.45, 7) is 6.62. The summed E-state index contributed by atoms with van der Waals surface area (Å²) in [6, 6.07) is 6.70. The van der Waals surface area contributed by atoms with Crippen LogP contribution in [-0.4, -0.2) is 4.98 Å². The summed E-state index contributed by atoms with van der Waals surface area (Å²) in [5.41, 5.74) is 8.39. The smallest absolute Gasteiger partial charge is 0.0259 e. The zero-order valence-electron chi connectivity index (χ0n) is 9.39. The van der Waals surface area contributed by atoms with E-state index in [9.17, 15) is 0 Å². The monoisotopic (exact) mass is 197 g/mol. The van der Waals surface area contributed by atoms with Gasteiger partial charge < -0.3 is 4.98 Å². The Morgan fingerprint density at radius 2 is 1.87 bits per heavy atom. The normalized spacial score (nSPS) is 12.3. The van der Waals surface area contributed by atoms with Crippen molar-refractivity contribution in [2.75, 3.05) is 0 Å². The average Bonchev–Trinajstić information content (AvgIpc) is 2.55. The maximum atomic E-state index is 3.40. The fourth-order valence-electron chi connectivity index (χ4n) is 2.43.